The molecule has 0 amide bonds. The lowest BCUT2D eigenvalue weighted by molar-refractivity contribution is 0.279. The molecule has 4 heteroatoms. The molecule has 0 fully saturated rings. The van der Waals surface area contributed by atoms with Crippen molar-refractivity contribution in [1.82, 2.24) is 0 Å². The monoisotopic (exact) mass is 322 g/mol. The third kappa shape index (κ3) is 3.59. The van der Waals surface area contributed by atoms with Crippen molar-refractivity contribution in [2.45, 2.75) is 19.1 Å². The molecule has 0 saturated heterocycles. The van der Waals surface area contributed by atoms with Crippen molar-refractivity contribution in [3.05, 3.63) is 27.3 Å². The molecule has 0 radical (unpaired) electrons. The predicted molar refractivity (Wildman–Crippen MR) is 69.9 cm³/mol. The van der Waals surface area contributed by atoms with Gasteiger partial charge in [0.25, 0.3) is 0 Å². The van der Waals surface area contributed by atoms with Crippen LogP contribution >= 0.6 is 22.6 Å². The van der Waals surface area contributed by atoms with Crippen LogP contribution in [0, 0.1) is 3.57 Å². The Balaban J connectivity index is 2.64. The Labute approximate surface area is 101 Å². The molecule has 0 spiro atoms. The molecule has 0 aromatic heterocycles. The second-order valence-electron chi connectivity index (χ2n) is 3.12. The Morgan fingerprint density at radius 1 is 1.43 bits per heavy atom. The lowest BCUT2D eigenvalue weighted by Gasteiger charge is -2.08. The summed E-state index contributed by atoms with van der Waals surface area (Å²) in [7, 11) is 1.24. The summed E-state index contributed by atoms with van der Waals surface area (Å²) in [5, 5.41) is 8.97. The maximum absolute atomic E-state index is 8.97. The molecule has 0 atom stereocenters. The maximum atomic E-state index is 8.97. The van der Waals surface area contributed by atoms with Gasteiger partial charge in [-0.05, 0) is 46.7 Å². The van der Waals surface area contributed by atoms with E-state index in [0.717, 1.165) is 27.9 Å². The van der Waals surface area contributed by atoms with Gasteiger partial charge in [0.05, 0.1) is 16.8 Å². The number of hydrogen-bond acceptors (Lipinski definition) is 2. The molecule has 1 rings (SSSR count). The molecule has 0 bridgehead atoms. The first-order valence-electron chi connectivity index (χ1n) is 4.80. The van der Waals surface area contributed by atoms with Crippen molar-refractivity contribution in [2.24, 2.45) is 0 Å². The van der Waals surface area contributed by atoms with E-state index >= 15 is 0 Å². The molecule has 0 saturated carbocycles. The van der Waals surface area contributed by atoms with Crippen molar-refractivity contribution in [3.8, 4) is 5.75 Å². The van der Waals surface area contributed by atoms with Gasteiger partial charge < -0.3 is 9.84 Å². The molecule has 0 aliphatic carbocycles. The van der Waals surface area contributed by atoms with Crippen LogP contribution in [0.1, 0.15) is 12.0 Å². The van der Waals surface area contributed by atoms with Crippen molar-refractivity contribution >= 4 is 32.8 Å². The third-order valence-corrected chi connectivity index (χ3v) is 3.53. The van der Waals surface area contributed by atoms with E-state index in [4.69, 9.17) is 9.84 Å². The van der Waals surface area contributed by atoms with Gasteiger partial charge in [0.2, 0.25) is 0 Å². The van der Waals surface area contributed by atoms with Crippen LogP contribution in [0.5, 0.6) is 5.75 Å². The molecule has 1 aromatic rings. The zero-order valence-corrected chi connectivity index (χ0v) is 12.5. The van der Waals surface area contributed by atoms with Crippen LogP contribution in [0.15, 0.2) is 18.2 Å². The van der Waals surface area contributed by atoms with Crippen LogP contribution in [0.3, 0.4) is 0 Å². The molecule has 0 heterocycles. The Morgan fingerprint density at radius 2 is 2.21 bits per heavy atom. The van der Waals surface area contributed by atoms with Crippen molar-refractivity contribution in [3.63, 3.8) is 0 Å². The summed E-state index contributed by atoms with van der Waals surface area (Å²) >= 11 is 2.25. The van der Waals surface area contributed by atoms with Gasteiger partial charge in [-0.25, -0.2) is 0 Å². The van der Waals surface area contributed by atoms with Crippen LogP contribution in [0.2, 0.25) is 6.04 Å². The summed E-state index contributed by atoms with van der Waals surface area (Å²) in [6.07, 6.45) is 1.13. The first-order valence-corrected chi connectivity index (χ1v) is 7.29. The van der Waals surface area contributed by atoms with Crippen LogP contribution in [-0.4, -0.2) is 22.0 Å². The normalized spacial score (nSPS) is 10.4. The fraction of sp³-hybridized carbons (Fsp3) is 0.400. The molecule has 0 aliphatic rings. The van der Waals surface area contributed by atoms with E-state index in [-0.39, 0.29) is 6.61 Å². The highest BCUT2D eigenvalue weighted by Crippen LogP contribution is 2.22. The summed E-state index contributed by atoms with van der Waals surface area (Å²) in [5.74, 6) is 0.896. The smallest absolute Gasteiger partial charge is 0.132 e. The molecule has 78 valence electrons. The number of ether oxygens (including phenoxy) is 1. The van der Waals surface area contributed by atoms with Gasteiger partial charge in [-0.1, -0.05) is 12.1 Å². The minimum atomic E-state index is 0.0774. The van der Waals surface area contributed by atoms with Crippen molar-refractivity contribution < 1.29 is 9.84 Å². The van der Waals surface area contributed by atoms with Crippen molar-refractivity contribution in [2.75, 3.05) is 6.61 Å². The molecule has 0 unspecified atom stereocenters. The molecule has 1 aromatic carbocycles. The van der Waals surface area contributed by atoms with Gasteiger partial charge in [-0.2, -0.15) is 0 Å². The summed E-state index contributed by atoms with van der Waals surface area (Å²) in [6.45, 7) is 0.863. The van der Waals surface area contributed by atoms with Crippen molar-refractivity contribution in [1.29, 1.82) is 0 Å². The van der Waals surface area contributed by atoms with Gasteiger partial charge in [-0.3, -0.25) is 0 Å². The molecule has 14 heavy (non-hydrogen) atoms. The molecular weight excluding hydrogens is 307 g/mol. The van der Waals surface area contributed by atoms with Crippen LogP contribution < -0.4 is 4.74 Å². The molecule has 0 aliphatic heterocycles. The average Bonchev–Trinajstić information content (AvgIpc) is 2.21. The van der Waals surface area contributed by atoms with Crippen LogP contribution in [0.25, 0.3) is 0 Å². The number of aliphatic hydroxyl groups is 1. The minimum absolute atomic E-state index is 0.0774. The zero-order valence-electron chi connectivity index (χ0n) is 8.29. The van der Waals surface area contributed by atoms with E-state index in [9.17, 15) is 0 Å². The van der Waals surface area contributed by atoms with E-state index in [1.165, 1.54) is 16.3 Å². The topological polar surface area (TPSA) is 29.5 Å². The fourth-order valence-electron chi connectivity index (χ4n) is 1.08. The molecular formula is C10H15IO2Si. The van der Waals surface area contributed by atoms with E-state index in [2.05, 4.69) is 22.6 Å². The van der Waals surface area contributed by atoms with Crippen LogP contribution in [0.4, 0.5) is 0 Å². The van der Waals surface area contributed by atoms with E-state index in [1.807, 2.05) is 18.2 Å². The standard InChI is InChI=1S/C10H15IO2Si/c11-9-3-2-8(7-12)6-10(9)13-4-1-5-14/h2-3,6,12H,1,4-5,7H2,14H3. The predicted octanol–water partition coefficient (Wildman–Crippen LogP) is 1.34. The number of hydrogen-bond donors (Lipinski definition) is 1. The van der Waals surface area contributed by atoms with Gasteiger partial charge in [-0.15, -0.1) is 0 Å². The minimum Gasteiger partial charge on any atom is -0.492 e. The Morgan fingerprint density at radius 3 is 2.86 bits per heavy atom. The lowest BCUT2D eigenvalue weighted by Crippen LogP contribution is -1.99. The largest absolute Gasteiger partial charge is 0.492 e. The zero-order chi connectivity index (χ0) is 10.4. The molecule has 2 nitrogen and oxygen atoms in total. The van der Waals surface area contributed by atoms with Gasteiger partial charge in [0, 0.05) is 10.2 Å². The van der Waals surface area contributed by atoms with Gasteiger partial charge in [0.1, 0.15) is 5.75 Å². The number of halogens is 1. The van der Waals surface area contributed by atoms with E-state index < -0.39 is 0 Å². The number of benzene rings is 1. The highest BCUT2D eigenvalue weighted by atomic mass is 127. The Hall–Kier alpha value is -0.0731. The quantitative estimate of drug-likeness (QED) is 0.504. The summed E-state index contributed by atoms with van der Waals surface area (Å²) in [4.78, 5) is 0. The highest BCUT2D eigenvalue weighted by Gasteiger charge is 2.01. The summed E-state index contributed by atoms with van der Waals surface area (Å²) in [5.41, 5.74) is 0.909. The fourth-order valence-corrected chi connectivity index (χ4v) is 1.86. The first-order chi connectivity index (χ1) is 6.77. The third-order valence-electron chi connectivity index (χ3n) is 1.93. The summed E-state index contributed by atoms with van der Waals surface area (Å²) < 4.78 is 6.73. The van der Waals surface area contributed by atoms with Gasteiger partial charge >= 0.3 is 0 Å². The first kappa shape index (κ1) is 12.0. The second-order valence-corrected chi connectivity index (χ2v) is 5.29. The maximum Gasteiger partial charge on any atom is 0.132 e. The van der Waals surface area contributed by atoms with Gasteiger partial charge in [0.15, 0.2) is 0 Å². The summed E-state index contributed by atoms with van der Waals surface area (Å²) in [6, 6.07) is 7.08. The van der Waals surface area contributed by atoms with E-state index in [1.54, 1.807) is 0 Å². The Bertz CT molecular complexity index is 291. The van der Waals surface area contributed by atoms with E-state index in [0.29, 0.717) is 0 Å². The highest BCUT2D eigenvalue weighted by molar-refractivity contribution is 14.1. The Kier molecular flexibility index (Phi) is 5.50. The van der Waals surface area contributed by atoms with Crippen LogP contribution in [-0.2, 0) is 6.61 Å². The average molecular weight is 322 g/mol. The number of rotatable bonds is 5. The second kappa shape index (κ2) is 6.42. The molecule has 1 N–H and O–H groups in total. The lowest BCUT2D eigenvalue weighted by atomic mass is 10.2. The SMILES string of the molecule is OCc1ccc(I)c(OCCC[SiH3])c1. The number of aliphatic hydroxyl groups excluding tert-OH is 1.